The van der Waals surface area contributed by atoms with E-state index < -0.39 is 36.3 Å². The number of halogens is 6. The fourth-order valence-corrected chi connectivity index (χ4v) is 2.67. The molecule has 1 heterocycles. The van der Waals surface area contributed by atoms with Gasteiger partial charge in [-0.3, -0.25) is 9.59 Å². The smallest absolute Gasteiger partial charge is 0.343 e. The van der Waals surface area contributed by atoms with Gasteiger partial charge in [-0.2, -0.15) is 26.3 Å². The quantitative estimate of drug-likeness (QED) is 0.527. The monoisotopic (exact) mass is 437 g/mol. The summed E-state index contributed by atoms with van der Waals surface area (Å²) in [7, 11) is 0. The van der Waals surface area contributed by atoms with Gasteiger partial charge in [0.05, 0.1) is 27.6 Å². The van der Waals surface area contributed by atoms with E-state index in [9.17, 15) is 35.9 Å². The molecule has 0 aliphatic heterocycles. The third kappa shape index (κ3) is 7.29. The van der Waals surface area contributed by atoms with E-state index in [1.54, 1.807) is 5.32 Å². The van der Waals surface area contributed by atoms with Gasteiger partial charge in [0.15, 0.2) is 0 Å². The molecule has 0 aliphatic rings. The molecule has 2 aromatic rings. The molecule has 0 atom stereocenters. The van der Waals surface area contributed by atoms with Gasteiger partial charge in [-0.15, -0.1) is 0 Å². The number of anilines is 1. The number of carbonyl (C=O) groups excluding carboxylic acids is 2. The zero-order valence-corrected chi connectivity index (χ0v) is 15.2. The molecule has 156 valence electrons. The molecule has 12 heteroatoms. The van der Waals surface area contributed by atoms with Crippen LogP contribution in [-0.2, 0) is 11.0 Å². The van der Waals surface area contributed by atoms with Crippen molar-refractivity contribution >= 4 is 29.3 Å². The summed E-state index contributed by atoms with van der Waals surface area (Å²) in [4.78, 5) is 27.6. The van der Waals surface area contributed by atoms with Gasteiger partial charge in [-0.05, 0) is 24.3 Å². The van der Waals surface area contributed by atoms with E-state index in [1.165, 1.54) is 24.3 Å². The summed E-state index contributed by atoms with van der Waals surface area (Å²) < 4.78 is 74.2. The fraction of sp³-hybridized carbons (Fsp3) is 0.235. The van der Waals surface area contributed by atoms with Crippen molar-refractivity contribution in [2.45, 2.75) is 17.4 Å². The summed E-state index contributed by atoms with van der Waals surface area (Å²) in [5, 5.41) is 4.26. The maximum atomic E-state index is 12.5. The van der Waals surface area contributed by atoms with E-state index in [-0.39, 0.29) is 22.0 Å². The highest BCUT2D eigenvalue weighted by molar-refractivity contribution is 7.99. The molecule has 0 unspecified atom stereocenters. The SMILES string of the molecule is O=C(CSc1ccc(C(F)(F)F)cn1)Nc1ccccc1C(=O)NCC(F)(F)F. The molecule has 5 nitrogen and oxygen atoms in total. The summed E-state index contributed by atoms with van der Waals surface area (Å²) in [5.41, 5.74) is -1.09. The van der Waals surface area contributed by atoms with Crippen LogP contribution in [-0.4, -0.2) is 35.3 Å². The van der Waals surface area contributed by atoms with Crippen molar-refractivity contribution in [3.05, 3.63) is 53.7 Å². The maximum Gasteiger partial charge on any atom is 0.417 e. The zero-order valence-electron chi connectivity index (χ0n) is 14.4. The van der Waals surface area contributed by atoms with Crippen LogP contribution < -0.4 is 10.6 Å². The largest absolute Gasteiger partial charge is 0.417 e. The van der Waals surface area contributed by atoms with Gasteiger partial charge in [0, 0.05) is 6.20 Å². The summed E-state index contributed by atoms with van der Waals surface area (Å²) >= 11 is 0.855. The van der Waals surface area contributed by atoms with Gasteiger partial charge in [0.25, 0.3) is 5.91 Å². The number of alkyl halides is 6. The molecule has 0 spiro atoms. The number of hydrogen-bond acceptors (Lipinski definition) is 4. The molecule has 0 radical (unpaired) electrons. The van der Waals surface area contributed by atoms with E-state index in [1.807, 2.05) is 0 Å². The Kier molecular flexibility index (Phi) is 7.11. The minimum absolute atomic E-state index is 0.00171. The summed E-state index contributed by atoms with van der Waals surface area (Å²) in [6.07, 6.45) is -8.47. The van der Waals surface area contributed by atoms with Gasteiger partial charge in [0.1, 0.15) is 6.54 Å². The third-order valence-corrected chi connectivity index (χ3v) is 4.25. The molecular formula is C17H13F6N3O2S. The molecule has 0 aliphatic carbocycles. The first kappa shape index (κ1) is 22.5. The summed E-state index contributed by atoms with van der Waals surface area (Å²) in [5.74, 6) is -1.88. The van der Waals surface area contributed by atoms with E-state index in [0.717, 1.165) is 23.9 Å². The molecule has 0 bridgehead atoms. The number of thioether (sulfide) groups is 1. The van der Waals surface area contributed by atoms with E-state index in [4.69, 9.17) is 0 Å². The van der Waals surface area contributed by atoms with Crippen molar-refractivity contribution in [1.82, 2.24) is 10.3 Å². The second-order valence-electron chi connectivity index (χ2n) is 5.56. The molecule has 29 heavy (non-hydrogen) atoms. The van der Waals surface area contributed by atoms with Gasteiger partial charge in [-0.1, -0.05) is 23.9 Å². The van der Waals surface area contributed by atoms with Crippen LogP contribution in [0.25, 0.3) is 0 Å². The minimum atomic E-state index is -4.58. The average molecular weight is 437 g/mol. The highest BCUT2D eigenvalue weighted by Crippen LogP contribution is 2.29. The molecule has 0 saturated heterocycles. The molecule has 2 N–H and O–H groups in total. The van der Waals surface area contributed by atoms with Crippen molar-refractivity contribution in [2.75, 3.05) is 17.6 Å². The Labute approximate surface area is 164 Å². The number of nitrogens with zero attached hydrogens (tertiary/aromatic N) is 1. The van der Waals surface area contributed by atoms with Gasteiger partial charge in [-0.25, -0.2) is 4.98 Å². The number of nitrogens with one attached hydrogen (secondary N) is 2. The van der Waals surface area contributed by atoms with Crippen LogP contribution in [0.4, 0.5) is 32.0 Å². The van der Waals surface area contributed by atoms with Crippen LogP contribution in [0.5, 0.6) is 0 Å². The van der Waals surface area contributed by atoms with Crippen LogP contribution in [0, 0.1) is 0 Å². The van der Waals surface area contributed by atoms with Crippen molar-refractivity contribution in [3.8, 4) is 0 Å². The predicted octanol–water partition coefficient (Wildman–Crippen LogP) is 4.12. The Morgan fingerprint density at radius 3 is 2.28 bits per heavy atom. The average Bonchev–Trinajstić information content (AvgIpc) is 2.64. The first-order valence-electron chi connectivity index (χ1n) is 7.85. The van der Waals surface area contributed by atoms with E-state index in [0.29, 0.717) is 6.20 Å². The number of rotatable bonds is 6. The molecule has 1 aromatic heterocycles. The molecule has 1 aromatic carbocycles. The van der Waals surface area contributed by atoms with E-state index in [2.05, 4.69) is 10.3 Å². The lowest BCUT2D eigenvalue weighted by molar-refractivity contribution is -0.138. The standard InChI is InChI=1S/C17H13F6N3O2S/c18-16(19,20)9-25-15(28)11-3-1-2-4-12(11)26-13(27)8-29-14-6-5-10(7-24-14)17(21,22)23/h1-7H,8-9H2,(H,25,28)(H,26,27). The predicted molar refractivity (Wildman–Crippen MR) is 93.4 cm³/mol. The number of amides is 2. The summed E-state index contributed by atoms with van der Waals surface area (Å²) in [6.45, 7) is -1.52. The fourth-order valence-electron chi connectivity index (χ4n) is 2.02. The molecule has 2 amide bonds. The number of hydrogen-bond donors (Lipinski definition) is 2. The third-order valence-electron chi connectivity index (χ3n) is 3.31. The first-order chi connectivity index (χ1) is 13.5. The van der Waals surface area contributed by atoms with Crippen LogP contribution in [0.3, 0.4) is 0 Å². The second kappa shape index (κ2) is 9.16. The Morgan fingerprint density at radius 2 is 1.69 bits per heavy atom. The lowest BCUT2D eigenvalue weighted by Crippen LogP contribution is -2.34. The Morgan fingerprint density at radius 1 is 1.00 bits per heavy atom. The second-order valence-corrected chi connectivity index (χ2v) is 6.56. The van der Waals surface area contributed by atoms with Crippen molar-refractivity contribution in [2.24, 2.45) is 0 Å². The van der Waals surface area contributed by atoms with Crippen LogP contribution >= 0.6 is 11.8 Å². The van der Waals surface area contributed by atoms with Crippen LogP contribution in [0.2, 0.25) is 0 Å². The Hall–Kier alpha value is -2.76. The van der Waals surface area contributed by atoms with Crippen molar-refractivity contribution in [3.63, 3.8) is 0 Å². The number of carbonyl (C=O) groups is 2. The Bertz CT molecular complexity index is 869. The topological polar surface area (TPSA) is 71.1 Å². The normalized spacial score (nSPS) is 11.8. The number of pyridine rings is 1. The van der Waals surface area contributed by atoms with Crippen molar-refractivity contribution < 1.29 is 35.9 Å². The maximum absolute atomic E-state index is 12.5. The van der Waals surface area contributed by atoms with Gasteiger partial charge < -0.3 is 10.6 Å². The molecular weight excluding hydrogens is 424 g/mol. The van der Waals surface area contributed by atoms with Crippen LogP contribution in [0.1, 0.15) is 15.9 Å². The Balaban J connectivity index is 1.96. The minimum Gasteiger partial charge on any atom is -0.343 e. The molecule has 0 saturated carbocycles. The lowest BCUT2D eigenvalue weighted by Gasteiger charge is -2.12. The van der Waals surface area contributed by atoms with Gasteiger partial charge in [0.2, 0.25) is 5.91 Å². The van der Waals surface area contributed by atoms with Crippen LogP contribution in [0.15, 0.2) is 47.6 Å². The lowest BCUT2D eigenvalue weighted by atomic mass is 10.1. The number of para-hydroxylation sites is 1. The molecule has 2 rings (SSSR count). The van der Waals surface area contributed by atoms with Gasteiger partial charge >= 0.3 is 12.4 Å². The number of aromatic nitrogens is 1. The first-order valence-corrected chi connectivity index (χ1v) is 8.84. The summed E-state index contributed by atoms with van der Waals surface area (Å²) in [6, 6.07) is 7.40. The highest BCUT2D eigenvalue weighted by atomic mass is 32.2. The number of benzene rings is 1. The van der Waals surface area contributed by atoms with Crippen molar-refractivity contribution in [1.29, 1.82) is 0 Å². The molecule has 0 fully saturated rings. The zero-order chi connectivity index (χ0) is 21.7. The van der Waals surface area contributed by atoms with E-state index >= 15 is 0 Å². The highest BCUT2D eigenvalue weighted by Gasteiger charge is 2.30.